The van der Waals surface area contributed by atoms with Crippen LogP contribution in [-0.4, -0.2) is 17.0 Å². The highest BCUT2D eigenvalue weighted by molar-refractivity contribution is 5.83. The number of carbonyl (C=O) groups excluding carboxylic acids is 1. The van der Waals surface area contributed by atoms with Crippen molar-refractivity contribution in [2.75, 3.05) is 0 Å². The normalized spacial score (nSPS) is 46.5. The summed E-state index contributed by atoms with van der Waals surface area (Å²) in [5, 5.41) is 10.0. The van der Waals surface area contributed by atoms with Gasteiger partial charge in [-0.05, 0) is 43.4 Å². The second kappa shape index (κ2) is 4.24. The Labute approximate surface area is 104 Å². The van der Waals surface area contributed by atoms with Crippen LogP contribution in [-0.2, 0) is 4.79 Å². The summed E-state index contributed by atoms with van der Waals surface area (Å²) < 4.78 is 0. The van der Waals surface area contributed by atoms with E-state index in [-0.39, 0.29) is 23.0 Å². The van der Waals surface area contributed by atoms with Gasteiger partial charge in [-0.2, -0.15) is 0 Å². The molecule has 2 aliphatic rings. The van der Waals surface area contributed by atoms with E-state index in [1.54, 1.807) is 0 Å². The van der Waals surface area contributed by atoms with Crippen molar-refractivity contribution in [1.82, 2.24) is 0 Å². The number of hydrogen-bond donors (Lipinski definition) is 1. The van der Waals surface area contributed by atoms with E-state index in [2.05, 4.69) is 27.4 Å². The Morgan fingerprint density at radius 3 is 2.71 bits per heavy atom. The summed E-state index contributed by atoms with van der Waals surface area (Å²) in [4.78, 5) is 12.1. The van der Waals surface area contributed by atoms with Crippen LogP contribution in [0.4, 0.5) is 0 Å². The Bertz CT molecular complexity index is 347. The lowest BCUT2D eigenvalue weighted by molar-refractivity contribution is -0.147. The molecule has 2 saturated carbocycles. The molecule has 17 heavy (non-hydrogen) atoms. The Kier molecular flexibility index (Phi) is 3.19. The van der Waals surface area contributed by atoms with Gasteiger partial charge in [-0.3, -0.25) is 4.79 Å². The highest BCUT2D eigenvalue weighted by Gasteiger charge is 2.52. The minimum atomic E-state index is -0.451. The first kappa shape index (κ1) is 12.8. The molecule has 5 atom stereocenters. The van der Waals surface area contributed by atoms with Crippen LogP contribution in [0.25, 0.3) is 0 Å². The largest absolute Gasteiger partial charge is 0.392 e. The van der Waals surface area contributed by atoms with Gasteiger partial charge in [0, 0.05) is 12.3 Å². The molecule has 0 amide bonds. The van der Waals surface area contributed by atoms with E-state index in [9.17, 15) is 9.90 Å². The number of aliphatic hydroxyl groups is 1. The average molecular weight is 236 g/mol. The number of fused-ring (bicyclic) bond motifs is 1. The molecule has 96 valence electrons. The van der Waals surface area contributed by atoms with E-state index in [0.29, 0.717) is 12.3 Å². The minimum Gasteiger partial charge on any atom is -0.392 e. The summed E-state index contributed by atoms with van der Waals surface area (Å²) in [7, 11) is 0. The number of hydrogen-bond acceptors (Lipinski definition) is 2. The van der Waals surface area contributed by atoms with E-state index >= 15 is 0 Å². The van der Waals surface area contributed by atoms with Gasteiger partial charge in [-0.25, -0.2) is 0 Å². The Balaban J connectivity index is 2.28. The molecular formula is C15H24O2. The van der Waals surface area contributed by atoms with Crippen molar-refractivity contribution in [2.24, 2.45) is 23.2 Å². The predicted molar refractivity (Wildman–Crippen MR) is 68.5 cm³/mol. The summed E-state index contributed by atoms with van der Waals surface area (Å²) in [6.45, 7) is 10.4. The summed E-state index contributed by atoms with van der Waals surface area (Å²) in [6, 6.07) is 0. The Hall–Kier alpha value is -0.630. The monoisotopic (exact) mass is 236 g/mol. The van der Waals surface area contributed by atoms with Gasteiger partial charge in [0.1, 0.15) is 5.78 Å². The molecule has 0 bridgehead atoms. The van der Waals surface area contributed by atoms with Crippen LogP contribution in [0.5, 0.6) is 0 Å². The Morgan fingerprint density at radius 2 is 2.12 bits per heavy atom. The van der Waals surface area contributed by atoms with Gasteiger partial charge in [0.2, 0.25) is 0 Å². The SMILES string of the molecule is C=C(C)[C@@H]1CC[C@H]2C(=O)C[C@@H](O)[C@@H](C)[C@@]2(C)C1. The van der Waals surface area contributed by atoms with Crippen LogP contribution < -0.4 is 0 Å². The highest BCUT2D eigenvalue weighted by Crippen LogP contribution is 2.54. The second-order valence-corrected chi connectivity index (χ2v) is 6.41. The van der Waals surface area contributed by atoms with Gasteiger partial charge in [0.25, 0.3) is 0 Å². The van der Waals surface area contributed by atoms with Crippen molar-refractivity contribution in [3.05, 3.63) is 12.2 Å². The molecule has 0 aromatic rings. The van der Waals surface area contributed by atoms with Gasteiger partial charge in [0.05, 0.1) is 6.10 Å². The van der Waals surface area contributed by atoms with Crippen molar-refractivity contribution in [3.8, 4) is 0 Å². The lowest BCUT2D eigenvalue weighted by Gasteiger charge is -2.52. The third-order valence-electron chi connectivity index (χ3n) is 5.40. The standard InChI is InChI=1S/C15H24O2/c1-9(2)11-5-6-12-14(17)7-13(16)10(3)15(12,4)8-11/h10-13,16H,1,5-8H2,2-4H3/t10-,11-,12+,13-,15-/m1/s1. The molecule has 2 rings (SSSR count). The van der Waals surface area contributed by atoms with Crippen molar-refractivity contribution in [3.63, 3.8) is 0 Å². The molecule has 2 fully saturated rings. The zero-order valence-electron chi connectivity index (χ0n) is 11.2. The maximum atomic E-state index is 12.1. The molecule has 2 aliphatic carbocycles. The van der Waals surface area contributed by atoms with Gasteiger partial charge in [-0.15, -0.1) is 0 Å². The quantitative estimate of drug-likeness (QED) is 0.711. The fraction of sp³-hybridized carbons (Fsp3) is 0.800. The third kappa shape index (κ3) is 1.97. The zero-order chi connectivity index (χ0) is 12.8. The molecule has 0 spiro atoms. The zero-order valence-corrected chi connectivity index (χ0v) is 11.2. The average Bonchev–Trinajstić information content (AvgIpc) is 2.25. The van der Waals surface area contributed by atoms with E-state index in [0.717, 1.165) is 19.3 Å². The second-order valence-electron chi connectivity index (χ2n) is 6.41. The molecular weight excluding hydrogens is 212 g/mol. The molecule has 0 aromatic heterocycles. The predicted octanol–water partition coefficient (Wildman–Crippen LogP) is 2.95. The fourth-order valence-corrected chi connectivity index (χ4v) is 3.89. The summed E-state index contributed by atoms with van der Waals surface area (Å²) >= 11 is 0. The lowest BCUT2D eigenvalue weighted by atomic mass is 9.52. The molecule has 1 N–H and O–H groups in total. The van der Waals surface area contributed by atoms with Crippen molar-refractivity contribution in [1.29, 1.82) is 0 Å². The Morgan fingerprint density at radius 1 is 1.47 bits per heavy atom. The number of rotatable bonds is 1. The molecule has 0 heterocycles. The number of Topliss-reactive ketones (excluding diaryl/α,β-unsaturated/α-hetero) is 1. The van der Waals surface area contributed by atoms with E-state index in [4.69, 9.17) is 0 Å². The molecule has 0 aliphatic heterocycles. The van der Waals surface area contributed by atoms with Crippen molar-refractivity contribution in [2.45, 2.75) is 52.6 Å². The maximum absolute atomic E-state index is 12.1. The van der Waals surface area contributed by atoms with Crippen LogP contribution in [0.1, 0.15) is 46.5 Å². The van der Waals surface area contributed by atoms with Crippen LogP contribution in [0.3, 0.4) is 0 Å². The van der Waals surface area contributed by atoms with Crippen LogP contribution >= 0.6 is 0 Å². The van der Waals surface area contributed by atoms with Crippen LogP contribution in [0.15, 0.2) is 12.2 Å². The number of allylic oxidation sites excluding steroid dienone is 1. The smallest absolute Gasteiger partial charge is 0.139 e. The van der Waals surface area contributed by atoms with E-state index in [1.807, 2.05) is 0 Å². The first-order chi connectivity index (χ1) is 7.86. The molecule has 0 saturated heterocycles. The third-order valence-corrected chi connectivity index (χ3v) is 5.40. The van der Waals surface area contributed by atoms with E-state index < -0.39 is 6.10 Å². The molecule has 0 aromatic carbocycles. The van der Waals surface area contributed by atoms with Gasteiger partial charge >= 0.3 is 0 Å². The van der Waals surface area contributed by atoms with E-state index in [1.165, 1.54) is 5.57 Å². The van der Waals surface area contributed by atoms with Gasteiger partial charge in [0.15, 0.2) is 0 Å². The molecule has 2 nitrogen and oxygen atoms in total. The summed E-state index contributed by atoms with van der Waals surface area (Å²) in [5.41, 5.74) is 1.20. The molecule has 0 unspecified atom stereocenters. The number of aliphatic hydroxyl groups excluding tert-OH is 1. The molecule has 2 heteroatoms. The first-order valence-corrected chi connectivity index (χ1v) is 6.72. The maximum Gasteiger partial charge on any atom is 0.139 e. The summed E-state index contributed by atoms with van der Waals surface area (Å²) in [6.07, 6.45) is 2.98. The summed E-state index contributed by atoms with van der Waals surface area (Å²) in [5.74, 6) is 1.18. The fourth-order valence-electron chi connectivity index (χ4n) is 3.89. The van der Waals surface area contributed by atoms with Crippen LogP contribution in [0.2, 0.25) is 0 Å². The minimum absolute atomic E-state index is 0.0311. The topological polar surface area (TPSA) is 37.3 Å². The number of carbonyl (C=O) groups is 1. The van der Waals surface area contributed by atoms with Crippen LogP contribution in [0, 0.1) is 23.2 Å². The molecule has 0 radical (unpaired) electrons. The van der Waals surface area contributed by atoms with Crippen molar-refractivity contribution >= 4 is 5.78 Å². The van der Waals surface area contributed by atoms with Crippen molar-refractivity contribution < 1.29 is 9.90 Å². The lowest BCUT2D eigenvalue weighted by Crippen LogP contribution is -2.52. The highest BCUT2D eigenvalue weighted by atomic mass is 16.3. The first-order valence-electron chi connectivity index (χ1n) is 6.72. The van der Waals surface area contributed by atoms with Gasteiger partial charge < -0.3 is 5.11 Å². The number of ketones is 1. The van der Waals surface area contributed by atoms with Gasteiger partial charge in [-0.1, -0.05) is 26.0 Å².